The van der Waals surface area contributed by atoms with E-state index in [1.54, 1.807) is 0 Å². The first-order valence-corrected chi connectivity index (χ1v) is 10.1. The number of carbonyl (C=O) groups excluding carboxylic acids is 2. The van der Waals surface area contributed by atoms with Crippen LogP contribution in [0, 0.1) is 0 Å². The lowest BCUT2D eigenvalue weighted by Gasteiger charge is -2.15. The number of esters is 2. The fourth-order valence-corrected chi connectivity index (χ4v) is 2.50. The maximum absolute atomic E-state index is 11.7. The molecule has 0 spiro atoms. The van der Waals surface area contributed by atoms with Gasteiger partial charge in [0, 0.05) is 10.8 Å². The van der Waals surface area contributed by atoms with E-state index in [0.29, 0.717) is 17.5 Å². The average Bonchev–Trinajstić information content (AvgIpc) is 2.51. The van der Waals surface area contributed by atoms with Crippen molar-refractivity contribution in [1.29, 1.82) is 0 Å². The van der Waals surface area contributed by atoms with E-state index in [9.17, 15) is 9.59 Å². The molecule has 22 heavy (non-hydrogen) atoms. The molecule has 4 nitrogen and oxygen atoms in total. The van der Waals surface area contributed by atoms with Gasteiger partial charge in [0.1, 0.15) is 6.10 Å². The van der Waals surface area contributed by atoms with Crippen LogP contribution in [0.25, 0.3) is 0 Å². The monoisotopic (exact) mass is 426 g/mol. The van der Waals surface area contributed by atoms with E-state index in [2.05, 4.69) is 29.5 Å². The average molecular weight is 426 g/mol. The first kappa shape index (κ1) is 21.7. The fourth-order valence-electron chi connectivity index (χ4n) is 2.01. The number of unbranched alkanes of at least 4 members (excludes halogenated alkanes) is 6. The van der Waals surface area contributed by atoms with E-state index < -0.39 is 0 Å². The van der Waals surface area contributed by atoms with Gasteiger partial charge in [-0.1, -0.05) is 75.0 Å². The standard InChI is InChI=1S/C17H31IO4/c1-3-5-7-8-9-10-12-21-17(20)13-15(14-18)22-16(19)11-6-4-2/h15H,3-14H2,1-2H3. The first-order valence-electron chi connectivity index (χ1n) is 8.55. The summed E-state index contributed by atoms with van der Waals surface area (Å²) in [5.41, 5.74) is 0. The number of hydrogen-bond donors (Lipinski definition) is 0. The number of rotatable bonds is 14. The zero-order valence-corrected chi connectivity index (χ0v) is 16.2. The lowest BCUT2D eigenvalue weighted by atomic mass is 10.1. The summed E-state index contributed by atoms with van der Waals surface area (Å²) in [5, 5.41) is 0. The zero-order chi connectivity index (χ0) is 16.6. The van der Waals surface area contributed by atoms with Crippen LogP contribution < -0.4 is 0 Å². The summed E-state index contributed by atoms with van der Waals surface area (Å²) < 4.78 is 11.1. The SMILES string of the molecule is CCCCCCCCOC(=O)CC(CI)OC(=O)CCCC. The smallest absolute Gasteiger partial charge is 0.309 e. The highest BCUT2D eigenvalue weighted by molar-refractivity contribution is 14.1. The maximum Gasteiger partial charge on any atom is 0.309 e. The van der Waals surface area contributed by atoms with Crippen LogP contribution in [-0.4, -0.2) is 29.1 Å². The molecule has 1 atom stereocenters. The first-order chi connectivity index (χ1) is 10.6. The molecule has 0 amide bonds. The Bertz CT molecular complexity index is 294. The van der Waals surface area contributed by atoms with Crippen molar-refractivity contribution >= 4 is 34.5 Å². The van der Waals surface area contributed by atoms with Gasteiger partial charge in [-0.2, -0.15) is 0 Å². The topological polar surface area (TPSA) is 52.6 Å². The van der Waals surface area contributed by atoms with Crippen molar-refractivity contribution in [3.05, 3.63) is 0 Å². The fraction of sp³-hybridized carbons (Fsp3) is 0.882. The summed E-state index contributed by atoms with van der Waals surface area (Å²) in [4.78, 5) is 23.3. The van der Waals surface area contributed by atoms with Crippen LogP contribution in [-0.2, 0) is 19.1 Å². The molecule has 0 aromatic carbocycles. The molecule has 0 N–H and O–H groups in total. The van der Waals surface area contributed by atoms with Gasteiger partial charge in [0.2, 0.25) is 0 Å². The molecule has 5 heteroatoms. The van der Waals surface area contributed by atoms with Crippen LogP contribution in [0.1, 0.15) is 78.1 Å². The van der Waals surface area contributed by atoms with Gasteiger partial charge in [-0.3, -0.25) is 9.59 Å². The second kappa shape index (κ2) is 15.6. The summed E-state index contributed by atoms with van der Waals surface area (Å²) in [6.07, 6.45) is 9.03. The lowest BCUT2D eigenvalue weighted by molar-refractivity contribution is -0.153. The van der Waals surface area contributed by atoms with E-state index in [1.807, 2.05) is 6.92 Å². The summed E-state index contributed by atoms with van der Waals surface area (Å²) in [6, 6.07) is 0. The molecule has 0 heterocycles. The predicted molar refractivity (Wildman–Crippen MR) is 97.2 cm³/mol. The van der Waals surface area contributed by atoms with Crippen LogP contribution in [0.2, 0.25) is 0 Å². The second-order valence-electron chi connectivity index (χ2n) is 5.56. The van der Waals surface area contributed by atoms with Crippen molar-refractivity contribution < 1.29 is 19.1 Å². The molecule has 0 bridgehead atoms. The zero-order valence-electron chi connectivity index (χ0n) is 14.1. The van der Waals surface area contributed by atoms with E-state index in [1.165, 1.54) is 25.7 Å². The highest BCUT2D eigenvalue weighted by Gasteiger charge is 2.18. The van der Waals surface area contributed by atoms with Gasteiger partial charge in [0.15, 0.2) is 0 Å². The van der Waals surface area contributed by atoms with Gasteiger partial charge in [-0.15, -0.1) is 0 Å². The Labute approximate surface area is 148 Å². The highest BCUT2D eigenvalue weighted by Crippen LogP contribution is 2.09. The quantitative estimate of drug-likeness (QED) is 0.173. The summed E-state index contributed by atoms with van der Waals surface area (Å²) in [6.45, 7) is 4.70. The molecule has 0 aromatic heterocycles. The van der Waals surface area contributed by atoms with Gasteiger partial charge < -0.3 is 9.47 Å². The number of carbonyl (C=O) groups is 2. The Morgan fingerprint density at radius 3 is 2.18 bits per heavy atom. The van der Waals surface area contributed by atoms with Crippen LogP contribution in [0.4, 0.5) is 0 Å². The molecular formula is C17H31IO4. The molecule has 0 aliphatic carbocycles. The third-order valence-electron chi connectivity index (χ3n) is 3.36. The van der Waals surface area contributed by atoms with E-state index >= 15 is 0 Å². The number of halogens is 1. The van der Waals surface area contributed by atoms with Crippen molar-refractivity contribution in [2.75, 3.05) is 11.0 Å². The van der Waals surface area contributed by atoms with Gasteiger partial charge in [-0.05, 0) is 12.8 Å². The second-order valence-corrected chi connectivity index (χ2v) is 6.44. The normalized spacial score (nSPS) is 12.0. The van der Waals surface area contributed by atoms with Crippen molar-refractivity contribution in [3.63, 3.8) is 0 Å². The Morgan fingerprint density at radius 1 is 0.909 bits per heavy atom. The molecule has 1 unspecified atom stereocenters. The molecule has 0 rings (SSSR count). The Hall–Kier alpha value is -0.330. The van der Waals surface area contributed by atoms with Crippen molar-refractivity contribution in [2.45, 2.75) is 84.2 Å². The Balaban J connectivity index is 3.71. The minimum absolute atomic E-state index is 0.163. The van der Waals surface area contributed by atoms with Crippen molar-refractivity contribution in [1.82, 2.24) is 0 Å². The molecular weight excluding hydrogens is 395 g/mol. The van der Waals surface area contributed by atoms with Gasteiger partial charge in [0.25, 0.3) is 0 Å². The molecule has 0 fully saturated rings. The maximum atomic E-state index is 11.7. The minimum atomic E-state index is -0.359. The molecule has 0 saturated heterocycles. The van der Waals surface area contributed by atoms with Gasteiger partial charge >= 0.3 is 11.9 Å². The predicted octanol–water partition coefficient (Wildman–Crippen LogP) is 4.82. The number of hydrogen-bond acceptors (Lipinski definition) is 4. The molecule has 0 saturated carbocycles. The number of alkyl halides is 1. The van der Waals surface area contributed by atoms with E-state index in [4.69, 9.17) is 9.47 Å². The molecule has 0 radical (unpaired) electrons. The highest BCUT2D eigenvalue weighted by atomic mass is 127. The third-order valence-corrected chi connectivity index (χ3v) is 4.34. The molecule has 0 aromatic rings. The van der Waals surface area contributed by atoms with Gasteiger partial charge in [-0.25, -0.2) is 0 Å². The van der Waals surface area contributed by atoms with Crippen LogP contribution in [0.5, 0.6) is 0 Å². The lowest BCUT2D eigenvalue weighted by Crippen LogP contribution is -2.24. The Kier molecular flexibility index (Phi) is 15.3. The Morgan fingerprint density at radius 2 is 1.55 bits per heavy atom. The number of ether oxygens (including phenoxy) is 2. The summed E-state index contributed by atoms with van der Waals surface area (Å²) in [5.74, 6) is -0.481. The summed E-state index contributed by atoms with van der Waals surface area (Å²) in [7, 11) is 0. The molecule has 0 aliphatic heterocycles. The summed E-state index contributed by atoms with van der Waals surface area (Å²) >= 11 is 2.13. The third kappa shape index (κ3) is 13.3. The largest absolute Gasteiger partial charge is 0.466 e. The van der Waals surface area contributed by atoms with Crippen LogP contribution in [0.3, 0.4) is 0 Å². The van der Waals surface area contributed by atoms with Crippen molar-refractivity contribution in [2.24, 2.45) is 0 Å². The van der Waals surface area contributed by atoms with Crippen LogP contribution >= 0.6 is 22.6 Å². The van der Waals surface area contributed by atoms with Gasteiger partial charge in [0.05, 0.1) is 13.0 Å². The molecule has 0 aliphatic rings. The van der Waals surface area contributed by atoms with Crippen molar-refractivity contribution in [3.8, 4) is 0 Å². The minimum Gasteiger partial charge on any atom is -0.466 e. The molecule has 130 valence electrons. The van der Waals surface area contributed by atoms with Crippen LogP contribution in [0.15, 0.2) is 0 Å². The van der Waals surface area contributed by atoms with E-state index in [0.717, 1.165) is 25.7 Å². The van der Waals surface area contributed by atoms with E-state index in [-0.39, 0.29) is 24.5 Å².